The summed E-state index contributed by atoms with van der Waals surface area (Å²) in [5, 5.41) is 0. The molecule has 0 saturated carbocycles. The quantitative estimate of drug-likeness (QED) is 0.565. The average molecular weight is 480 g/mol. The Kier molecular flexibility index (Phi) is 5.33. The lowest BCUT2D eigenvalue weighted by molar-refractivity contribution is 0.0919. The number of ether oxygens (including phenoxy) is 1. The second-order valence-electron chi connectivity index (χ2n) is 4.75. The van der Waals surface area contributed by atoms with Gasteiger partial charge in [0, 0.05) is 28.5 Å². The average Bonchev–Trinajstić information content (AvgIpc) is 2.65. The second-order valence-corrected chi connectivity index (χ2v) is 7.38. The van der Waals surface area contributed by atoms with Crippen LogP contribution >= 0.6 is 47.8 Å². The van der Waals surface area contributed by atoms with E-state index < -0.39 is 0 Å². The fourth-order valence-electron chi connectivity index (χ4n) is 2.02. The molecule has 0 amide bonds. The van der Waals surface area contributed by atoms with Gasteiger partial charge in [0.25, 0.3) is 0 Å². The topological polar surface area (TPSA) is 31.2 Å². The number of halogens is 3. The van der Waals surface area contributed by atoms with Crippen molar-refractivity contribution in [2.24, 2.45) is 7.05 Å². The van der Waals surface area contributed by atoms with E-state index in [1.165, 1.54) is 0 Å². The highest BCUT2D eigenvalue weighted by molar-refractivity contribution is 9.11. The molecule has 0 unspecified atom stereocenters. The number of Topliss-reactive ketones (excluding diaryl/α,β-unsaturated/α-hetero) is 1. The highest BCUT2D eigenvalue weighted by Crippen LogP contribution is 2.36. The molecule has 0 saturated heterocycles. The molecular weight excluding hydrogens is 466 g/mol. The van der Waals surface area contributed by atoms with Crippen molar-refractivity contribution in [2.75, 3.05) is 6.61 Å². The first-order valence-corrected chi connectivity index (χ1v) is 8.62. The number of aromatic nitrogens is 1. The van der Waals surface area contributed by atoms with E-state index in [9.17, 15) is 4.79 Å². The van der Waals surface area contributed by atoms with Crippen molar-refractivity contribution in [3.05, 3.63) is 48.6 Å². The molecule has 1 heterocycles. The predicted molar refractivity (Wildman–Crippen MR) is 94.3 cm³/mol. The maximum atomic E-state index is 12.3. The van der Waals surface area contributed by atoms with Gasteiger partial charge < -0.3 is 9.30 Å². The van der Waals surface area contributed by atoms with Gasteiger partial charge in [-0.05, 0) is 63.9 Å². The summed E-state index contributed by atoms with van der Waals surface area (Å²) in [4.78, 5) is 12.3. The summed E-state index contributed by atoms with van der Waals surface area (Å²) in [6.45, 7) is 3.92. The van der Waals surface area contributed by atoms with Crippen molar-refractivity contribution >= 4 is 53.6 Å². The van der Waals surface area contributed by atoms with Crippen molar-refractivity contribution in [3.8, 4) is 5.75 Å². The van der Waals surface area contributed by atoms with Gasteiger partial charge in [-0.1, -0.05) is 15.9 Å². The summed E-state index contributed by atoms with van der Waals surface area (Å²) >= 11 is 10.3. The highest BCUT2D eigenvalue weighted by Gasteiger charge is 2.16. The summed E-state index contributed by atoms with van der Waals surface area (Å²) in [5.74, 6) is 0.592. The number of hydrogen-bond acceptors (Lipinski definition) is 2. The molecule has 0 atom stereocenters. The summed E-state index contributed by atoms with van der Waals surface area (Å²) in [6.07, 6.45) is 0. The standard InChI is InChI=1S/C15H14Br3NO2/c1-8-4-11(9(2)19(8)3)14(20)7-21-15-12(17)5-10(16)6-13(15)18/h4-6H,7H2,1-3H3. The van der Waals surface area contributed by atoms with Crippen LogP contribution in [0.25, 0.3) is 0 Å². The van der Waals surface area contributed by atoms with Crippen LogP contribution in [0.3, 0.4) is 0 Å². The molecule has 0 bridgehead atoms. The smallest absolute Gasteiger partial charge is 0.202 e. The Labute approximate surface area is 149 Å². The van der Waals surface area contributed by atoms with Gasteiger partial charge in [0.2, 0.25) is 5.78 Å². The highest BCUT2D eigenvalue weighted by atomic mass is 79.9. The summed E-state index contributed by atoms with van der Waals surface area (Å²) in [5.41, 5.74) is 2.72. The molecule has 0 aliphatic carbocycles. The van der Waals surface area contributed by atoms with Gasteiger partial charge >= 0.3 is 0 Å². The van der Waals surface area contributed by atoms with Gasteiger partial charge in [0.05, 0.1) is 8.95 Å². The fraction of sp³-hybridized carbons (Fsp3) is 0.267. The zero-order valence-corrected chi connectivity index (χ0v) is 16.6. The van der Waals surface area contributed by atoms with Crippen LogP contribution in [0.2, 0.25) is 0 Å². The third-order valence-corrected chi connectivity index (χ3v) is 5.02. The maximum Gasteiger partial charge on any atom is 0.202 e. The van der Waals surface area contributed by atoms with Crippen LogP contribution in [0.1, 0.15) is 21.7 Å². The molecule has 0 spiro atoms. The maximum absolute atomic E-state index is 12.3. The summed E-state index contributed by atoms with van der Waals surface area (Å²) in [6, 6.07) is 5.65. The van der Waals surface area contributed by atoms with Crippen LogP contribution in [0.5, 0.6) is 5.75 Å². The van der Waals surface area contributed by atoms with Gasteiger partial charge in [-0.3, -0.25) is 4.79 Å². The van der Waals surface area contributed by atoms with Crippen LogP contribution in [-0.2, 0) is 7.05 Å². The van der Waals surface area contributed by atoms with Crippen LogP contribution < -0.4 is 4.74 Å². The Balaban J connectivity index is 2.17. The van der Waals surface area contributed by atoms with E-state index in [2.05, 4.69) is 47.8 Å². The van der Waals surface area contributed by atoms with Gasteiger partial charge in [-0.15, -0.1) is 0 Å². The lowest BCUT2D eigenvalue weighted by Gasteiger charge is -2.10. The Bertz CT molecular complexity index is 684. The number of benzene rings is 1. The van der Waals surface area contributed by atoms with Crippen LogP contribution in [0.4, 0.5) is 0 Å². The molecule has 1 aromatic carbocycles. The van der Waals surface area contributed by atoms with E-state index >= 15 is 0 Å². The first-order valence-electron chi connectivity index (χ1n) is 6.24. The SMILES string of the molecule is Cc1cc(C(=O)COc2c(Br)cc(Br)cc2Br)c(C)n1C. The van der Waals surface area contributed by atoms with Crippen molar-refractivity contribution in [1.29, 1.82) is 0 Å². The van der Waals surface area contributed by atoms with Crippen molar-refractivity contribution in [3.63, 3.8) is 0 Å². The van der Waals surface area contributed by atoms with Crippen LogP contribution in [0.15, 0.2) is 31.6 Å². The third kappa shape index (κ3) is 3.60. The number of carbonyl (C=O) groups is 1. The molecule has 0 aliphatic rings. The van der Waals surface area contributed by atoms with Gasteiger partial charge in [0.1, 0.15) is 5.75 Å². The largest absolute Gasteiger partial charge is 0.483 e. The first kappa shape index (κ1) is 16.8. The number of nitrogens with zero attached hydrogens (tertiary/aromatic N) is 1. The van der Waals surface area contributed by atoms with E-state index in [1.54, 1.807) is 0 Å². The molecule has 6 heteroatoms. The van der Waals surface area contributed by atoms with Crippen LogP contribution in [-0.4, -0.2) is 17.0 Å². The molecule has 1 aromatic heterocycles. The third-order valence-electron chi connectivity index (χ3n) is 3.39. The number of hydrogen-bond donors (Lipinski definition) is 0. The van der Waals surface area contributed by atoms with Crippen molar-refractivity contribution in [2.45, 2.75) is 13.8 Å². The van der Waals surface area contributed by atoms with Crippen molar-refractivity contribution in [1.82, 2.24) is 4.57 Å². The Morgan fingerprint density at radius 1 is 1.14 bits per heavy atom. The van der Waals surface area contributed by atoms with E-state index in [1.807, 2.05) is 43.7 Å². The summed E-state index contributed by atoms with van der Waals surface area (Å²) < 4.78 is 10.2. The van der Waals surface area contributed by atoms with Gasteiger partial charge in [-0.25, -0.2) is 0 Å². The van der Waals surface area contributed by atoms with Gasteiger partial charge in [0.15, 0.2) is 6.61 Å². The zero-order valence-electron chi connectivity index (χ0n) is 11.8. The fourth-order valence-corrected chi connectivity index (χ4v) is 4.51. The van der Waals surface area contributed by atoms with Gasteiger partial charge in [-0.2, -0.15) is 0 Å². The predicted octanol–water partition coefficient (Wildman–Crippen LogP) is 5.19. The molecule has 2 rings (SSSR count). The molecule has 0 N–H and O–H groups in total. The number of aryl methyl sites for hydroxylation is 1. The van der Waals surface area contributed by atoms with E-state index in [0.29, 0.717) is 11.3 Å². The molecular formula is C15H14Br3NO2. The minimum Gasteiger partial charge on any atom is -0.483 e. The van der Waals surface area contributed by atoms with Crippen molar-refractivity contribution < 1.29 is 9.53 Å². The monoisotopic (exact) mass is 477 g/mol. The Hall–Kier alpha value is -0.590. The molecule has 0 aliphatic heterocycles. The summed E-state index contributed by atoms with van der Waals surface area (Å²) in [7, 11) is 1.95. The normalized spacial score (nSPS) is 10.8. The second kappa shape index (κ2) is 6.67. The Morgan fingerprint density at radius 3 is 2.19 bits per heavy atom. The van der Waals surface area contributed by atoms with Crippen LogP contribution in [0, 0.1) is 13.8 Å². The Morgan fingerprint density at radius 2 is 1.71 bits per heavy atom. The number of rotatable bonds is 4. The van der Waals surface area contributed by atoms with E-state index in [0.717, 1.165) is 24.8 Å². The molecule has 0 radical (unpaired) electrons. The molecule has 21 heavy (non-hydrogen) atoms. The molecule has 2 aromatic rings. The zero-order chi connectivity index (χ0) is 15.7. The molecule has 3 nitrogen and oxygen atoms in total. The number of carbonyl (C=O) groups excluding carboxylic acids is 1. The molecule has 0 fully saturated rings. The van der Waals surface area contributed by atoms with E-state index in [-0.39, 0.29) is 12.4 Å². The minimum atomic E-state index is -0.0297. The molecule has 112 valence electrons. The lowest BCUT2D eigenvalue weighted by Crippen LogP contribution is -2.13. The van der Waals surface area contributed by atoms with E-state index in [4.69, 9.17) is 4.74 Å². The lowest BCUT2D eigenvalue weighted by atomic mass is 10.1. The first-order chi connectivity index (χ1) is 9.81. The number of ketones is 1. The minimum absolute atomic E-state index is 0.00310.